The number of ketones is 2. The molecule has 108 valence electrons. The topological polar surface area (TPSA) is 74.6 Å². The van der Waals surface area contributed by atoms with Crippen molar-refractivity contribution in [3.63, 3.8) is 0 Å². The number of fused-ring (bicyclic) bond motifs is 3. The lowest BCUT2D eigenvalue weighted by Gasteiger charge is -2.44. The summed E-state index contributed by atoms with van der Waals surface area (Å²) in [6.45, 7) is 5.24. The minimum Gasteiger partial charge on any atom is -0.508 e. The molecule has 3 rings (SSSR count). The largest absolute Gasteiger partial charge is 0.508 e. The van der Waals surface area contributed by atoms with Gasteiger partial charge in [0.2, 0.25) is 5.78 Å². The van der Waals surface area contributed by atoms with E-state index in [4.69, 9.17) is 0 Å². The van der Waals surface area contributed by atoms with Crippen LogP contribution < -0.4 is 0 Å². The number of aliphatic hydroxyl groups excluding tert-OH is 1. The van der Waals surface area contributed by atoms with Gasteiger partial charge in [-0.25, -0.2) is 0 Å². The van der Waals surface area contributed by atoms with Crippen molar-refractivity contribution >= 4 is 11.6 Å². The number of Topliss-reactive ketones (excluding diaryl/α,β-unsaturated/α-hetero) is 1. The minimum atomic E-state index is -0.966. The summed E-state index contributed by atoms with van der Waals surface area (Å²) >= 11 is 0. The molecule has 0 fully saturated rings. The SMILES string of the molecule is CC1(C)C(=O)C=CC2(C)C1=C(O)C(=O)c1ccc(O)cc12. The van der Waals surface area contributed by atoms with Crippen molar-refractivity contribution < 1.29 is 19.8 Å². The van der Waals surface area contributed by atoms with Crippen molar-refractivity contribution in [3.05, 3.63) is 52.8 Å². The van der Waals surface area contributed by atoms with Crippen LogP contribution in [0.1, 0.15) is 36.7 Å². The molecule has 0 bridgehead atoms. The van der Waals surface area contributed by atoms with Crippen LogP contribution in [-0.2, 0) is 10.2 Å². The fourth-order valence-electron chi connectivity index (χ4n) is 3.47. The molecule has 1 atom stereocenters. The van der Waals surface area contributed by atoms with Crippen LogP contribution in [-0.4, -0.2) is 21.8 Å². The predicted octanol–water partition coefficient (Wildman–Crippen LogP) is 2.82. The first-order valence-corrected chi connectivity index (χ1v) is 6.75. The Morgan fingerprint density at radius 2 is 1.71 bits per heavy atom. The summed E-state index contributed by atoms with van der Waals surface area (Å²) in [7, 11) is 0. The van der Waals surface area contributed by atoms with E-state index in [9.17, 15) is 19.8 Å². The molecular weight excluding hydrogens is 268 g/mol. The van der Waals surface area contributed by atoms with E-state index < -0.39 is 16.6 Å². The smallest absolute Gasteiger partial charge is 0.227 e. The number of benzene rings is 1. The van der Waals surface area contributed by atoms with E-state index in [1.54, 1.807) is 19.9 Å². The van der Waals surface area contributed by atoms with Crippen molar-refractivity contribution in [3.8, 4) is 5.75 Å². The van der Waals surface area contributed by atoms with Crippen molar-refractivity contribution in [1.82, 2.24) is 0 Å². The van der Waals surface area contributed by atoms with Crippen molar-refractivity contribution in [2.24, 2.45) is 5.41 Å². The number of aromatic hydroxyl groups is 1. The van der Waals surface area contributed by atoms with Gasteiger partial charge in [0.15, 0.2) is 11.5 Å². The zero-order valence-corrected chi connectivity index (χ0v) is 12.1. The summed E-state index contributed by atoms with van der Waals surface area (Å²) in [4.78, 5) is 24.5. The molecule has 2 aliphatic rings. The van der Waals surface area contributed by atoms with Gasteiger partial charge in [0.1, 0.15) is 5.75 Å². The fourth-order valence-corrected chi connectivity index (χ4v) is 3.47. The highest BCUT2D eigenvalue weighted by Crippen LogP contribution is 2.52. The highest BCUT2D eigenvalue weighted by atomic mass is 16.3. The average molecular weight is 284 g/mol. The third kappa shape index (κ3) is 1.56. The number of rotatable bonds is 0. The Morgan fingerprint density at radius 3 is 2.38 bits per heavy atom. The summed E-state index contributed by atoms with van der Waals surface area (Å²) < 4.78 is 0. The van der Waals surface area contributed by atoms with Crippen LogP contribution in [0, 0.1) is 5.41 Å². The van der Waals surface area contributed by atoms with Gasteiger partial charge < -0.3 is 10.2 Å². The predicted molar refractivity (Wildman–Crippen MR) is 77.4 cm³/mol. The number of allylic oxidation sites excluding steroid dienone is 4. The zero-order valence-electron chi connectivity index (χ0n) is 12.1. The van der Waals surface area contributed by atoms with Crippen molar-refractivity contribution in [2.45, 2.75) is 26.2 Å². The van der Waals surface area contributed by atoms with E-state index in [0.717, 1.165) is 0 Å². The Morgan fingerprint density at radius 1 is 1.05 bits per heavy atom. The lowest BCUT2D eigenvalue weighted by molar-refractivity contribution is -0.121. The van der Waals surface area contributed by atoms with Gasteiger partial charge in [-0.15, -0.1) is 0 Å². The number of hydrogen-bond acceptors (Lipinski definition) is 4. The van der Waals surface area contributed by atoms with Gasteiger partial charge in [0.25, 0.3) is 0 Å². The molecule has 0 saturated heterocycles. The minimum absolute atomic E-state index is 0.0478. The van der Waals surface area contributed by atoms with E-state index >= 15 is 0 Å². The van der Waals surface area contributed by atoms with Gasteiger partial charge in [0.05, 0.1) is 5.41 Å². The first-order valence-electron chi connectivity index (χ1n) is 6.75. The molecule has 0 aromatic heterocycles. The number of aliphatic hydroxyl groups is 1. The van der Waals surface area contributed by atoms with Crippen molar-refractivity contribution in [2.75, 3.05) is 0 Å². The normalized spacial score (nSPS) is 26.6. The van der Waals surface area contributed by atoms with E-state index in [1.807, 2.05) is 6.92 Å². The molecule has 1 unspecified atom stereocenters. The highest BCUT2D eigenvalue weighted by Gasteiger charge is 2.51. The van der Waals surface area contributed by atoms with Crippen LogP contribution in [0.25, 0.3) is 0 Å². The van der Waals surface area contributed by atoms with Gasteiger partial charge in [-0.05, 0) is 50.6 Å². The van der Waals surface area contributed by atoms with Crippen LogP contribution >= 0.6 is 0 Å². The van der Waals surface area contributed by atoms with Crippen LogP contribution in [0.2, 0.25) is 0 Å². The Kier molecular flexibility index (Phi) is 2.49. The Labute approximate surface area is 122 Å². The summed E-state index contributed by atoms with van der Waals surface area (Å²) in [5, 5.41) is 20.1. The molecule has 2 aliphatic carbocycles. The second-order valence-corrected chi connectivity index (χ2v) is 6.31. The molecule has 0 saturated carbocycles. The maximum absolute atomic E-state index is 12.4. The second-order valence-electron chi connectivity index (χ2n) is 6.31. The van der Waals surface area contributed by atoms with Gasteiger partial charge >= 0.3 is 0 Å². The van der Waals surface area contributed by atoms with Crippen molar-refractivity contribution in [1.29, 1.82) is 0 Å². The summed E-state index contributed by atoms with van der Waals surface area (Å²) in [5.41, 5.74) is -0.398. The molecular formula is C17H16O4. The molecule has 1 aromatic rings. The van der Waals surface area contributed by atoms with Gasteiger partial charge in [0, 0.05) is 16.6 Å². The van der Waals surface area contributed by atoms with E-state index in [0.29, 0.717) is 16.7 Å². The fraction of sp³-hybridized carbons (Fsp3) is 0.294. The Bertz CT molecular complexity index is 752. The molecule has 0 heterocycles. The number of phenolic OH excluding ortho intramolecular Hbond substituents is 1. The lowest BCUT2D eigenvalue weighted by atomic mass is 9.57. The summed E-state index contributed by atoms with van der Waals surface area (Å²) in [5.74, 6) is -0.975. The van der Waals surface area contributed by atoms with Gasteiger partial charge in [-0.3, -0.25) is 9.59 Å². The number of carbonyl (C=O) groups is 2. The van der Waals surface area contributed by atoms with E-state index in [2.05, 4.69) is 0 Å². The quantitative estimate of drug-likeness (QED) is 0.768. The maximum atomic E-state index is 12.4. The number of hydrogen-bond donors (Lipinski definition) is 2. The van der Waals surface area contributed by atoms with Crippen LogP contribution in [0.4, 0.5) is 0 Å². The Hall–Kier alpha value is -2.36. The Balaban J connectivity index is 2.43. The third-order valence-electron chi connectivity index (χ3n) is 4.59. The number of phenols is 1. The van der Waals surface area contributed by atoms with E-state index in [1.165, 1.54) is 24.3 Å². The molecule has 0 amide bonds. The zero-order chi connectivity index (χ0) is 15.6. The molecule has 4 nitrogen and oxygen atoms in total. The van der Waals surface area contributed by atoms with Crippen LogP contribution in [0.15, 0.2) is 41.7 Å². The maximum Gasteiger partial charge on any atom is 0.227 e. The lowest BCUT2D eigenvalue weighted by Crippen LogP contribution is -2.44. The monoisotopic (exact) mass is 284 g/mol. The average Bonchev–Trinajstić information content (AvgIpc) is 2.41. The molecule has 21 heavy (non-hydrogen) atoms. The first-order chi connectivity index (χ1) is 9.69. The summed E-state index contributed by atoms with van der Waals surface area (Å²) in [6, 6.07) is 4.44. The molecule has 2 N–H and O–H groups in total. The van der Waals surface area contributed by atoms with Gasteiger partial charge in [-0.2, -0.15) is 0 Å². The van der Waals surface area contributed by atoms with Crippen LogP contribution in [0.5, 0.6) is 5.75 Å². The molecule has 0 radical (unpaired) electrons. The van der Waals surface area contributed by atoms with E-state index in [-0.39, 0.29) is 17.3 Å². The third-order valence-corrected chi connectivity index (χ3v) is 4.59. The molecule has 4 heteroatoms. The first kappa shape index (κ1) is 13.6. The van der Waals surface area contributed by atoms with Gasteiger partial charge in [-0.1, -0.05) is 6.08 Å². The molecule has 0 aliphatic heterocycles. The standard InChI is InChI=1S/C17H16O4/c1-16(2)12(19)6-7-17(3)11-8-9(18)4-5-10(11)13(20)14(21)15(16)17/h4-8,18,21H,1-3H3. The second kappa shape index (κ2) is 3.85. The molecule has 1 aromatic carbocycles. The molecule has 0 spiro atoms. The van der Waals surface area contributed by atoms with Crippen LogP contribution in [0.3, 0.4) is 0 Å². The summed E-state index contributed by atoms with van der Waals surface area (Å²) in [6.07, 6.45) is 3.18. The highest BCUT2D eigenvalue weighted by molar-refractivity contribution is 6.13. The number of carbonyl (C=O) groups excluding carboxylic acids is 2.